The zero-order valence-corrected chi connectivity index (χ0v) is 30.3. The van der Waals surface area contributed by atoms with E-state index in [4.69, 9.17) is 15.0 Å². The van der Waals surface area contributed by atoms with E-state index >= 15 is 0 Å². The smallest absolute Gasteiger partial charge is 0.164 e. The summed E-state index contributed by atoms with van der Waals surface area (Å²) in [6.07, 6.45) is 0. The predicted octanol–water partition coefficient (Wildman–Crippen LogP) is 12.9. The minimum atomic E-state index is 0.634. The van der Waals surface area contributed by atoms with Gasteiger partial charge in [0.15, 0.2) is 17.5 Å². The van der Waals surface area contributed by atoms with Gasteiger partial charge in [-0.2, -0.15) is 0 Å². The van der Waals surface area contributed by atoms with Crippen molar-refractivity contribution in [1.82, 2.24) is 24.5 Å². The molecule has 1 N–H and O–H groups in total. The highest BCUT2D eigenvalue weighted by Crippen LogP contribution is 2.42. The number of para-hydroxylation sites is 2. The number of hydrogen-bond donors (Lipinski definition) is 1. The zero-order valence-electron chi connectivity index (χ0n) is 30.3. The van der Waals surface area contributed by atoms with Crippen molar-refractivity contribution in [2.45, 2.75) is 0 Å². The Morgan fingerprint density at radius 2 is 0.821 bits per heavy atom. The molecule has 11 aromatic rings. The lowest BCUT2D eigenvalue weighted by molar-refractivity contribution is 1.07. The van der Waals surface area contributed by atoms with Gasteiger partial charge in [-0.3, -0.25) is 0 Å². The molecule has 0 fully saturated rings. The summed E-state index contributed by atoms with van der Waals surface area (Å²) in [7, 11) is 0. The molecule has 8 aromatic carbocycles. The first-order valence-corrected chi connectivity index (χ1v) is 18.9. The molecule has 0 bridgehead atoms. The van der Waals surface area contributed by atoms with E-state index in [1.165, 1.54) is 43.7 Å². The van der Waals surface area contributed by atoms with Crippen LogP contribution in [0.1, 0.15) is 0 Å². The number of hydrogen-bond acceptors (Lipinski definition) is 3. The maximum atomic E-state index is 5.03. The number of rotatable bonds is 6. The molecule has 0 amide bonds. The fraction of sp³-hybridized carbons (Fsp3) is 0. The van der Waals surface area contributed by atoms with Gasteiger partial charge in [-0.25, -0.2) is 15.0 Å². The van der Waals surface area contributed by atoms with Crippen molar-refractivity contribution >= 4 is 43.6 Å². The number of benzene rings is 8. The van der Waals surface area contributed by atoms with E-state index in [0.717, 1.165) is 44.5 Å². The van der Waals surface area contributed by atoms with Crippen LogP contribution in [0.15, 0.2) is 194 Å². The van der Waals surface area contributed by atoms with Crippen LogP contribution >= 0.6 is 0 Å². The lowest BCUT2D eigenvalue weighted by Gasteiger charge is -2.11. The summed E-state index contributed by atoms with van der Waals surface area (Å²) < 4.78 is 2.37. The van der Waals surface area contributed by atoms with Crippen LogP contribution in [-0.2, 0) is 0 Å². The van der Waals surface area contributed by atoms with Crippen LogP contribution in [0.2, 0.25) is 0 Å². The van der Waals surface area contributed by atoms with Crippen LogP contribution in [0.4, 0.5) is 0 Å². The van der Waals surface area contributed by atoms with Gasteiger partial charge in [-0.1, -0.05) is 146 Å². The maximum Gasteiger partial charge on any atom is 0.164 e. The fourth-order valence-corrected chi connectivity index (χ4v) is 8.24. The Kier molecular flexibility index (Phi) is 7.42. The van der Waals surface area contributed by atoms with E-state index < -0.39 is 0 Å². The first-order valence-electron chi connectivity index (χ1n) is 18.9. The van der Waals surface area contributed by atoms with Gasteiger partial charge >= 0.3 is 0 Å². The van der Waals surface area contributed by atoms with Crippen molar-refractivity contribution in [3.8, 4) is 62.1 Å². The topological polar surface area (TPSA) is 59.4 Å². The van der Waals surface area contributed by atoms with Gasteiger partial charge in [0.25, 0.3) is 0 Å². The summed E-state index contributed by atoms with van der Waals surface area (Å²) in [6, 6.07) is 68.1. The normalized spacial score (nSPS) is 11.6. The SMILES string of the molecule is c1ccc(-c2nc(-c3ccccc3)nc(-c3cccc(-c4cccc5[nH]c6cccc(-c7ccc8c(c7)c7ccccc7n8-c7ccccc7)c6c45)c3)n2)cc1. The van der Waals surface area contributed by atoms with E-state index in [0.29, 0.717) is 17.5 Å². The molecular formula is C51H33N5. The van der Waals surface area contributed by atoms with Crippen LogP contribution in [0.5, 0.6) is 0 Å². The summed E-state index contributed by atoms with van der Waals surface area (Å²) in [5.74, 6) is 1.92. The molecule has 0 saturated heterocycles. The summed E-state index contributed by atoms with van der Waals surface area (Å²) >= 11 is 0. The Morgan fingerprint density at radius 3 is 1.46 bits per heavy atom. The third kappa shape index (κ3) is 5.29. The molecule has 0 aliphatic carbocycles. The number of H-pyrrole nitrogens is 1. The van der Waals surface area contributed by atoms with Crippen molar-refractivity contribution in [2.75, 3.05) is 0 Å². The highest BCUT2D eigenvalue weighted by Gasteiger charge is 2.19. The van der Waals surface area contributed by atoms with Crippen LogP contribution < -0.4 is 0 Å². The largest absolute Gasteiger partial charge is 0.354 e. The van der Waals surface area contributed by atoms with Gasteiger partial charge in [-0.15, -0.1) is 0 Å². The highest BCUT2D eigenvalue weighted by atomic mass is 15.0. The number of aromatic amines is 1. The molecule has 0 radical (unpaired) electrons. The van der Waals surface area contributed by atoms with Gasteiger partial charge in [0, 0.05) is 55.0 Å². The Bertz CT molecular complexity index is 3180. The van der Waals surface area contributed by atoms with Gasteiger partial charge in [0.2, 0.25) is 0 Å². The Morgan fingerprint density at radius 1 is 0.339 bits per heavy atom. The van der Waals surface area contributed by atoms with Gasteiger partial charge < -0.3 is 9.55 Å². The molecule has 5 heteroatoms. The summed E-state index contributed by atoms with van der Waals surface area (Å²) in [5, 5.41) is 4.86. The molecule has 3 aromatic heterocycles. The summed E-state index contributed by atoms with van der Waals surface area (Å²) in [5.41, 5.74) is 13.2. The standard InChI is InChI=1S/C51H33N5/c1-4-15-33(16-5-1)49-53-50(34-17-6-2-7-18-34)55-51(54-49)37-20-12-19-35(31-37)39-24-13-26-43-47(39)48-40(25-14-27-44(48)52-43)36-29-30-46-42(32-36)41-23-10-11-28-45(41)56(46)38-21-8-3-9-22-38/h1-32,52H. The van der Waals surface area contributed by atoms with Crippen molar-refractivity contribution in [1.29, 1.82) is 0 Å². The third-order valence-corrected chi connectivity index (χ3v) is 10.8. The van der Waals surface area contributed by atoms with E-state index in [1.807, 2.05) is 60.7 Å². The zero-order chi connectivity index (χ0) is 37.0. The Hall–Kier alpha value is -7.63. The molecule has 0 aliphatic rings. The van der Waals surface area contributed by atoms with E-state index in [2.05, 4.69) is 143 Å². The van der Waals surface area contributed by atoms with Crippen molar-refractivity contribution in [3.63, 3.8) is 0 Å². The minimum Gasteiger partial charge on any atom is -0.354 e. The van der Waals surface area contributed by atoms with Crippen molar-refractivity contribution < 1.29 is 0 Å². The lowest BCUT2D eigenvalue weighted by atomic mass is 9.93. The molecule has 0 spiro atoms. The minimum absolute atomic E-state index is 0.634. The highest BCUT2D eigenvalue weighted by molar-refractivity contribution is 6.20. The van der Waals surface area contributed by atoms with Crippen LogP contribution in [0, 0.1) is 0 Å². The van der Waals surface area contributed by atoms with Crippen molar-refractivity contribution in [2.24, 2.45) is 0 Å². The predicted molar refractivity (Wildman–Crippen MR) is 231 cm³/mol. The summed E-state index contributed by atoms with van der Waals surface area (Å²) in [6.45, 7) is 0. The fourth-order valence-electron chi connectivity index (χ4n) is 8.24. The molecule has 0 saturated carbocycles. The second-order valence-corrected chi connectivity index (χ2v) is 14.1. The van der Waals surface area contributed by atoms with Crippen LogP contribution in [0.3, 0.4) is 0 Å². The third-order valence-electron chi connectivity index (χ3n) is 10.8. The molecule has 11 rings (SSSR count). The second-order valence-electron chi connectivity index (χ2n) is 14.1. The lowest BCUT2D eigenvalue weighted by Crippen LogP contribution is -2.00. The maximum absolute atomic E-state index is 5.03. The quantitative estimate of drug-likeness (QED) is 0.186. The molecular weight excluding hydrogens is 683 g/mol. The molecule has 5 nitrogen and oxygen atoms in total. The van der Waals surface area contributed by atoms with Crippen molar-refractivity contribution in [3.05, 3.63) is 194 Å². The molecule has 0 aliphatic heterocycles. The monoisotopic (exact) mass is 715 g/mol. The average Bonchev–Trinajstić information content (AvgIpc) is 3.83. The van der Waals surface area contributed by atoms with Crippen LogP contribution in [0.25, 0.3) is 106 Å². The average molecular weight is 716 g/mol. The molecule has 56 heavy (non-hydrogen) atoms. The molecule has 0 unspecified atom stereocenters. The molecule has 0 atom stereocenters. The Labute approximate surface area is 323 Å². The number of nitrogens with zero attached hydrogens (tertiary/aromatic N) is 4. The van der Waals surface area contributed by atoms with E-state index in [-0.39, 0.29) is 0 Å². The van der Waals surface area contributed by atoms with Crippen LogP contribution in [-0.4, -0.2) is 24.5 Å². The molecule has 3 heterocycles. The van der Waals surface area contributed by atoms with Gasteiger partial charge in [0.1, 0.15) is 0 Å². The first kappa shape index (κ1) is 31.9. The Balaban J connectivity index is 1.08. The number of fused-ring (bicyclic) bond motifs is 6. The van der Waals surface area contributed by atoms with E-state index in [9.17, 15) is 0 Å². The van der Waals surface area contributed by atoms with E-state index in [1.54, 1.807) is 0 Å². The molecule has 262 valence electrons. The second kappa shape index (κ2) is 13.0. The first-order chi connectivity index (χ1) is 27.8. The number of nitrogens with one attached hydrogen (secondary N) is 1. The summed E-state index contributed by atoms with van der Waals surface area (Å²) in [4.78, 5) is 18.7. The number of aromatic nitrogens is 5. The van der Waals surface area contributed by atoms with Gasteiger partial charge in [0.05, 0.1) is 11.0 Å². The van der Waals surface area contributed by atoms with Gasteiger partial charge in [-0.05, 0) is 70.8 Å².